The molecule has 0 fully saturated rings. The highest BCUT2D eigenvalue weighted by atomic mass is 16.5. The number of aliphatic hydroxyl groups excluding tert-OH is 1. The highest BCUT2D eigenvalue weighted by Crippen LogP contribution is 2.15. The van der Waals surface area contributed by atoms with Gasteiger partial charge in [0, 0.05) is 0 Å². The predicted molar refractivity (Wildman–Crippen MR) is 124 cm³/mol. The number of aliphatic hydroxyl groups is 1. The predicted octanol–water partition coefficient (Wildman–Crippen LogP) is 2.63. The minimum atomic E-state index is -0.603. The van der Waals surface area contributed by atoms with E-state index < -0.39 is 11.9 Å². The lowest BCUT2D eigenvalue weighted by molar-refractivity contribution is -0.603. The van der Waals surface area contributed by atoms with Crippen molar-refractivity contribution < 1.29 is 28.7 Å². The number of carbonyl (C=O) groups excluding carboxylic acids is 2. The Balaban J connectivity index is 1.71. The van der Waals surface area contributed by atoms with Crippen LogP contribution in [0, 0.1) is 0 Å². The summed E-state index contributed by atoms with van der Waals surface area (Å²) < 4.78 is 12.0. The van der Waals surface area contributed by atoms with Crippen LogP contribution >= 0.6 is 0 Å². The number of ether oxygens (including phenoxy) is 2. The van der Waals surface area contributed by atoms with Gasteiger partial charge < -0.3 is 14.6 Å². The minimum absolute atomic E-state index is 0.0474. The lowest BCUT2D eigenvalue weighted by Gasteiger charge is -2.01. The average Bonchev–Trinajstić information content (AvgIpc) is 3.47. The largest absolute Gasteiger partial charge is 0.516 e. The molecule has 0 atom stereocenters. The van der Waals surface area contributed by atoms with E-state index in [1.807, 2.05) is 12.1 Å². The van der Waals surface area contributed by atoms with E-state index in [4.69, 9.17) is 14.6 Å². The lowest BCUT2D eigenvalue weighted by Crippen LogP contribution is -2.31. The van der Waals surface area contributed by atoms with Crippen LogP contribution in [0.3, 0.4) is 0 Å². The van der Waals surface area contributed by atoms with E-state index in [0.29, 0.717) is 22.6 Å². The van der Waals surface area contributed by atoms with Gasteiger partial charge in [0.05, 0.1) is 30.3 Å². The molecular weight excluding hydrogens is 452 g/mol. The second-order valence-electron chi connectivity index (χ2n) is 7.05. The zero-order chi connectivity index (χ0) is 24.8. The number of allylic oxidation sites excluding steroid dienone is 2. The van der Waals surface area contributed by atoms with E-state index in [9.17, 15) is 9.59 Å². The highest BCUT2D eigenvalue weighted by Gasteiger charge is 2.28. The van der Waals surface area contributed by atoms with Crippen LogP contribution in [0.1, 0.15) is 40.5 Å². The molecule has 0 bridgehead atoms. The van der Waals surface area contributed by atoms with E-state index in [0.717, 1.165) is 6.26 Å². The molecular formula is C24H23N6O5+. The summed E-state index contributed by atoms with van der Waals surface area (Å²) in [6, 6.07) is 12.5. The number of rotatable bonds is 8. The molecule has 11 nitrogen and oxygen atoms in total. The topological polar surface area (TPSA) is 125 Å². The Kier molecular flexibility index (Phi) is 6.96. The maximum Gasteiger partial charge on any atom is 0.390 e. The number of fused-ring (bicyclic) bond motifs is 1. The Morgan fingerprint density at radius 1 is 0.914 bits per heavy atom. The summed E-state index contributed by atoms with van der Waals surface area (Å²) in [7, 11) is 0. The van der Waals surface area contributed by atoms with Gasteiger partial charge in [-0.25, -0.2) is 9.59 Å². The number of carbonyl (C=O) groups is 2. The minimum Gasteiger partial charge on any atom is -0.516 e. The fourth-order valence-corrected chi connectivity index (χ4v) is 3.31. The quantitative estimate of drug-likeness (QED) is 0.178. The number of aromatic nitrogens is 6. The summed E-state index contributed by atoms with van der Waals surface area (Å²) in [6.45, 7) is 3.89. The highest BCUT2D eigenvalue weighted by molar-refractivity contribution is 5.93. The van der Waals surface area contributed by atoms with Crippen LogP contribution in [0.5, 0.6) is 0 Å². The molecule has 0 spiro atoms. The molecule has 0 aliphatic rings. The molecule has 4 aromatic rings. The van der Waals surface area contributed by atoms with Gasteiger partial charge in [0.1, 0.15) is 17.6 Å². The Bertz CT molecular complexity index is 1420. The average molecular weight is 475 g/mol. The third-order valence-electron chi connectivity index (χ3n) is 4.82. The number of hydrogen-bond donors (Lipinski definition) is 1. The standard InChI is InChI=1S/C24H22N6O5/c1-3-34-23(32)21-19(9-6-8-16-31)25-29(26-21)17-11-13-18(14-12-17)30-27-22(24(33)35-4-2)20-10-5-7-15-28(20)30/h5-16H,3-4H2,1-2H3/p+1. The van der Waals surface area contributed by atoms with Crippen LogP contribution in [-0.2, 0) is 9.47 Å². The number of nitrogens with zero attached hydrogens (tertiary/aromatic N) is 6. The monoisotopic (exact) mass is 475 g/mol. The van der Waals surface area contributed by atoms with Gasteiger partial charge in [-0.2, -0.15) is 4.80 Å². The molecule has 0 unspecified atom stereocenters. The van der Waals surface area contributed by atoms with Crippen LogP contribution < -0.4 is 4.52 Å². The zero-order valence-electron chi connectivity index (χ0n) is 19.1. The van der Waals surface area contributed by atoms with Crippen molar-refractivity contribution in [3.63, 3.8) is 0 Å². The Hall–Kier alpha value is -4.80. The first-order valence-electron chi connectivity index (χ1n) is 10.9. The third kappa shape index (κ3) is 4.78. The molecule has 1 aromatic carbocycles. The van der Waals surface area contributed by atoms with Gasteiger partial charge in [-0.3, -0.25) is 0 Å². The van der Waals surface area contributed by atoms with Crippen molar-refractivity contribution in [2.75, 3.05) is 13.2 Å². The van der Waals surface area contributed by atoms with Gasteiger partial charge in [-0.1, -0.05) is 12.1 Å². The van der Waals surface area contributed by atoms with Gasteiger partial charge in [0.25, 0.3) is 0 Å². The summed E-state index contributed by atoms with van der Waals surface area (Å²) in [6.07, 6.45) is 7.12. The number of hydrogen-bond acceptors (Lipinski definition) is 8. The molecule has 0 radical (unpaired) electrons. The van der Waals surface area contributed by atoms with E-state index in [1.54, 1.807) is 65.8 Å². The number of esters is 2. The van der Waals surface area contributed by atoms with Crippen molar-refractivity contribution in [2.45, 2.75) is 13.8 Å². The first-order chi connectivity index (χ1) is 17.1. The number of benzene rings is 1. The van der Waals surface area contributed by atoms with Crippen LogP contribution in [0.25, 0.3) is 23.0 Å². The molecule has 35 heavy (non-hydrogen) atoms. The van der Waals surface area contributed by atoms with Crippen LogP contribution in [0.15, 0.2) is 67.1 Å². The van der Waals surface area contributed by atoms with Gasteiger partial charge in [0.2, 0.25) is 5.52 Å². The van der Waals surface area contributed by atoms with Crippen LogP contribution in [-0.4, -0.2) is 55.1 Å². The molecule has 4 rings (SSSR count). The fraction of sp³-hybridized carbons (Fsp3) is 0.167. The molecule has 0 amide bonds. The Morgan fingerprint density at radius 3 is 2.29 bits per heavy atom. The van der Waals surface area contributed by atoms with Crippen LogP contribution in [0.4, 0.5) is 0 Å². The van der Waals surface area contributed by atoms with Gasteiger partial charge in [-0.05, 0) is 67.2 Å². The first kappa shape index (κ1) is 23.4. The van der Waals surface area contributed by atoms with E-state index in [1.165, 1.54) is 16.9 Å². The van der Waals surface area contributed by atoms with Gasteiger partial charge >= 0.3 is 17.6 Å². The Morgan fingerprint density at radius 2 is 1.60 bits per heavy atom. The number of pyridine rings is 1. The zero-order valence-corrected chi connectivity index (χ0v) is 19.1. The van der Waals surface area contributed by atoms with E-state index >= 15 is 0 Å². The van der Waals surface area contributed by atoms with Crippen molar-refractivity contribution in [1.82, 2.24) is 24.9 Å². The van der Waals surface area contributed by atoms with Crippen molar-refractivity contribution in [1.29, 1.82) is 0 Å². The smallest absolute Gasteiger partial charge is 0.390 e. The normalized spacial score (nSPS) is 11.5. The first-order valence-corrected chi connectivity index (χ1v) is 10.9. The van der Waals surface area contributed by atoms with Crippen molar-refractivity contribution >= 4 is 23.5 Å². The fourth-order valence-electron chi connectivity index (χ4n) is 3.31. The molecule has 3 heterocycles. The van der Waals surface area contributed by atoms with E-state index in [-0.39, 0.29) is 24.6 Å². The van der Waals surface area contributed by atoms with E-state index in [2.05, 4.69) is 15.3 Å². The SMILES string of the molecule is CCOC(=O)c1nn(-c2ccc(-n3nc(C(=O)OCC)c4cccc[n+]43)cc2)nc1C=CC=CO. The summed E-state index contributed by atoms with van der Waals surface area (Å²) in [5.74, 6) is -1.11. The van der Waals surface area contributed by atoms with Crippen molar-refractivity contribution in [2.24, 2.45) is 0 Å². The van der Waals surface area contributed by atoms with Gasteiger partial charge in [0.15, 0.2) is 5.69 Å². The molecule has 0 aliphatic heterocycles. The Labute approximate surface area is 200 Å². The lowest BCUT2D eigenvalue weighted by atomic mass is 10.3. The molecule has 0 aliphatic carbocycles. The second-order valence-corrected chi connectivity index (χ2v) is 7.05. The van der Waals surface area contributed by atoms with Gasteiger partial charge in [-0.15, -0.1) is 14.7 Å². The summed E-state index contributed by atoms with van der Waals surface area (Å²) in [4.78, 5) is 27.6. The summed E-state index contributed by atoms with van der Waals surface area (Å²) in [5, 5.41) is 21.9. The van der Waals surface area contributed by atoms with Crippen molar-refractivity contribution in [3.8, 4) is 11.4 Å². The molecule has 178 valence electrons. The second kappa shape index (κ2) is 10.4. The summed E-state index contributed by atoms with van der Waals surface area (Å²) >= 11 is 0. The van der Waals surface area contributed by atoms with Crippen LogP contribution in [0.2, 0.25) is 0 Å². The third-order valence-corrected chi connectivity index (χ3v) is 4.82. The maximum atomic E-state index is 12.4. The molecule has 3 aromatic heterocycles. The molecule has 1 N–H and O–H groups in total. The molecule has 11 heteroatoms. The maximum absolute atomic E-state index is 12.4. The molecule has 0 saturated carbocycles. The van der Waals surface area contributed by atoms with Crippen molar-refractivity contribution in [3.05, 3.63) is 84.2 Å². The summed E-state index contributed by atoms with van der Waals surface area (Å²) in [5.41, 5.74) is 2.42. The molecule has 0 saturated heterocycles.